The summed E-state index contributed by atoms with van der Waals surface area (Å²) in [6.45, 7) is 0. The summed E-state index contributed by atoms with van der Waals surface area (Å²) in [5.41, 5.74) is 4.67. The number of aromatic nitrogens is 4. The Morgan fingerprint density at radius 3 is 2.52 bits per heavy atom. The van der Waals surface area contributed by atoms with Gasteiger partial charge in [-0.3, -0.25) is 15.1 Å². The minimum atomic E-state index is 0.820. The third kappa shape index (κ3) is 2.32. The van der Waals surface area contributed by atoms with Gasteiger partial charge >= 0.3 is 0 Å². The van der Waals surface area contributed by atoms with E-state index in [1.54, 1.807) is 25.7 Å². The molecule has 112 valence electrons. The van der Waals surface area contributed by atoms with Crippen molar-refractivity contribution < 1.29 is 4.74 Å². The topological polar surface area (TPSA) is 63.7 Å². The summed E-state index contributed by atoms with van der Waals surface area (Å²) in [4.78, 5) is 8.75. The van der Waals surface area contributed by atoms with Crippen LogP contribution in [0, 0.1) is 0 Å². The minimum absolute atomic E-state index is 0.820. The van der Waals surface area contributed by atoms with Gasteiger partial charge in [-0.05, 0) is 42.5 Å². The van der Waals surface area contributed by atoms with Crippen molar-refractivity contribution in [3.8, 4) is 28.3 Å². The molecule has 0 unspecified atom stereocenters. The molecule has 0 radical (unpaired) electrons. The van der Waals surface area contributed by atoms with E-state index in [9.17, 15) is 0 Å². The number of H-pyrrole nitrogens is 1. The smallest absolute Gasteiger partial charge is 0.118 e. The number of hydrogen-bond donors (Lipinski definition) is 1. The van der Waals surface area contributed by atoms with Crippen LogP contribution in [0.25, 0.3) is 33.4 Å². The Labute approximate surface area is 133 Å². The predicted octanol–water partition coefficient (Wildman–Crippen LogP) is 3.70. The second-order valence-electron chi connectivity index (χ2n) is 5.12. The summed E-state index contributed by atoms with van der Waals surface area (Å²) in [5, 5.41) is 8.52. The van der Waals surface area contributed by atoms with Gasteiger partial charge in [0.15, 0.2) is 0 Å². The Morgan fingerprint density at radius 1 is 0.913 bits per heavy atom. The zero-order valence-corrected chi connectivity index (χ0v) is 12.5. The van der Waals surface area contributed by atoms with E-state index in [0.717, 1.165) is 39.2 Å². The van der Waals surface area contributed by atoms with Crippen molar-refractivity contribution >= 4 is 10.9 Å². The molecule has 0 aliphatic carbocycles. The zero-order valence-electron chi connectivity index (χ0n) is 12.5. The Balaban J connectivity index is 1.94. The lowest BCUT2D eigenvalue weighted by Crippen LogP contribution is -1.88. The monoisotopic (exact) mass is 302 g/mol. The second kappa shape index (κ2) is 5.53. The fourth-order valence-electron chi connectivity index (χ4n) is 2.65. The molecular formula is C18H14N4O. The first-order valence-electron chi connectivity index (χ1n) is 7.25. The number of ether oxygens (including phenoxy) is 1. The molecule has 4 aromatic rings. The van der Waals surface area contributed by atoms with E-state index in [4.69, 9.17) is 4.74 Å². The Bertz CT molecular complexity index is 946. The van der Waals surface area contributed by atoms with Crippen molar-refractivity contribution in [2.24, 2.45) is 0 Å². The molecule has 0 aliphatic heterocycles. The summed E-state index contributed by atoms with van der Waals surface area (Å²) in [5.74, 6) is 0.820. The number of methoxy groups -OCH3 is 1. The fourth-order valence-corrected chi connectivity index (χ4v) is 2.65. The van der Waals surface area contributed by atoms with Gasteiger partial charge in [0.05, 0.1) is 23.7 Å². The van der Waals surface area contributed by atoms with E-state index in [1.807, 2.05) is 42.5 Å². The van der Waals surface area contributed by atoms with Gasteiger partial charge in [-0.15, -0.1) is 0 Å². The predicted molar refractivity (Wildman–Crippen MR) is 89.1 cm³/mol. The molecule has 0 atom stereocenters. The molecule has 3 heterocycles. The zero-order chi connectivity index (χ0) is 15.6. The number of benzene rings is 1. The lowest BCUT2D eigenvalue weighted by atomic mass is 10.0. The maximum Gasteiger partial charge on any atom is 0.118 e. The van der Waals surface area contributed by atoms with Crippen LogP contribution in [0.15, 0.2) is 61.1 Å². The standard InChI is InChI=1S/C18H14N4O/c1-23-14-6-4-12(5-7-14)17-16-15(8-10-20-17)21-22-18(16)13-3-2-9-19-11-13/h2-11H,1H3,(H,21,22). The van der Waals surface area contributed by atoms with Gasteiger partial charge in [0.1, 0.15) is 11.4 Å². The molecule has 0 bridgehead atoms. The molecule has 1 aromatic carbocycles. The third-order valence-corrected chi connectivity index (χ3v) is 3.77. The minimum Gasteiger partial charge on any atom is -0.497 e. The highest BCUT2D eigenvalue weighted by Crippen LogP contribution is 2.33. The van der Waals surface area contributed by atoms with E-state index in [1.165, 1.54) is 0 Å². The molecule has 0 aliphatic rings. The number of fused-ring (bicyclic) bond motifs is 1. The van der Waals surface area contributed by atoms with Crippen LogP contribution in [0.5, 0.6) is 5.75 Å². The van der Waals surface area contributed by atoms with Gasteiger partial charge < -0.3 is 4.74 Å². The fraction of sp³-hybridized carbons (Fsp3) is 0.0556. The van der Waals surface area contributed by atoms with Gasteiger partial charge in [-0.2, -0.15) is 5.10 Å². The van der Waals surface area contributed by atoms with Gasteiger partial charge in [0.2, 0.25) is 0 Å². The first-order chi connectivity index (χ1) is 11.4. The number of pyridine rings is 2. The van der Waals surface area contributed by atoms with Gasteiger partial charge in [0.25, 0.3) is 0 Å². The van der Waals surface area contributed by atoms with Crippen LogP contribution in [-0.2, 0) is 0 Å². The molecule has 0 saturated carbocycles. The Morgan fingerprint density at radius 2 is 1.78 bits per heavy atom. The maximum absolute atomic E-state index is 5.22. The summed E-state index contributed by atoms with van der Waals surface area (Å²) in [7, 11) is 1.66. The molecule has 4 rings (SSSR count). The normalized spacial score (nSPS) is 10.8. The van der Waals surface area contributed by atoms with Crippen LogP contribution in [0.1, 0.15) is 0 Å². The number of rotatable bonds is 3. The average Bonchev–Trinajstić information content (AvgIpc) is 3.07. The van der Waals surface area contributed by atoms with Crippen molar-refractivity contribution in [3.05, 3.63) is 61.1 Å². The number of aromatic amines is 1. The van der Waals surface area contributed by atoms with Gasteiger partial charge in [-0.25, -0.2) is 0 Å². The lowest BCUT2D eigenvalue weighted by molar-refractivity contribution is 0.415. The third-order valence-electron chi connectivity index (χ3n) is 3.77. The van der Waals surface area contributed by atoms with E-state index in [2.05, 4.69) is 20.2 Å². The van der Waals surface area contributed by atoms with E-state index < -0.39 is 0 Å². The summed E-state index contributed by atoms with van der Waals surface area (Å²) >= 11 is 0. The molecule has 23 heavy (non-hydrogen) atoms. The van der Waals surface area contributed by atoms with Crippen LogP contribution >= 0.6 is 0 Å². The summed E-state index contributed by atoms with van der Waals surface area (Å²) in [6.07, 6.45) is 5.34. The molecule has 5 heteroatoms. The van der Waals surface area contributed by atoms with Crippen LogP contribution in [-0.4, -0.2) is 27.3 Å². The average molecular weight is 302 g/mol. The largest absolute Gasteiger partial charge is 0.497 e. The quantitative estimate of drug-likeness (QED) is 0.627. The number of hydrogen-bond acceptors (Lipinski definition) is 4. The first-order valence-corrected chi connectivity index (χ1v) is 7.25. The van der Waals surface area contributed by atoms with E-state index >= 15 is 0 Å². The van der Waals surface area contributed by atoms with Crippen molar-refractivity contribution in [1.29, 1.82) is 0 Å². The molecule has 3 aromatic heterocycles. The van der Waals surface area contributed by atoms with E-state index in [-0.39, 0.29) is 0 Å². The molecule has 1 N–H and O–H groups in total. The van der Waals surface area contributed by atoms with Crippen molar-refractivity contribution in [2.75, 3.05) is 7.11 Å². The highest BCUT2D eigenvalue weighted by atomic mass is 16.5. The van der Waals surface area contributed by atoms with Crippen LogP contribution in [0.4, 0.5) is 0 Å². The van der Waals surface area contributed by atoms with Crippen molar-refractivity contribution in [2.45, 2.75) is 0 Å². The number of nitrogens with zero attached hydrogens (tertiary/aromatic N) is 3. The number of nitrogens with one attached hydrogen (secondary N) is 1. The molecule has 0 spiro atoms. The van der Waals surface area contributed by atoms with Crippen LogP contribution < -0.4 is 4.74 Å². The van der Waals surface area contributed by atoms with Gasteiger partial charge in [-0.1, -0.05) is 0 Å². The van der Waals surface area contributed by atoms with Crippen molar-refractivity contribution in [3.63, 3.8) is 0 Å². The summed E-state index contributed by atoms with van der Waals surface area (Å²) in [6, 6.07) is 13.7. The Kier molecular flexibility index (Phi) is 3.24. The van der Waals surface area contributed by atoms with Crippen LogP contribution in [0.2, 0.25) is 0 Å². The highest BCUT2D eigenvalue weighted by Gasteiger charge is 2.14. The molecule has 0 fully saturated rings. The van der Waals surface area contributed by atoms with Crippen molar-refractivity contribution in [1.82, 2.24) is 20.2 Å². The maximum atomic E-state index is 5.22. The van der Waals surface area contributed by atoms with E-state index in [0.29, 0.717) is 0 Å². The molecule has 0 amide bonds. The summed E-state index contributed by atoms with van der Waals surface area (Å²) < 4.78 is 5.22. The first kappa shape index (κ1) is 13.5. The molecule has 0 saturated heterocycles. The lowest BCUT2D eigenvalue weighted by Gasteiger charge is -2.06. The highest BCUT2D eigenvalue weighted by molar-refractivity contribution is 6.02. The molecular weight excluding hydrogens is 288 g/mol. The van der Waals surface area contributed by atoms with Crippen LogP contribution in [0.3, 0.4) is 0 Å². The van der Waals surface area contributed by atoms with Gasteiger partial charge in [0, 0.05) is 29.7 Å². The SMILES string of the molecule is COc1ccc(-c2nccc3[nH]nc(-c4cccnc4)c23)cc1. The Hall–Kier alpha value is -3.21. The second-order valence-corrected chi connectivity index (χ2v) is 5.12. The molecule has 5 nitrogen and oxygen atoms in total.